The summed E-state index contributed by atoms with van der Waals surface area (Å²) in [5, 5.41) is 0.611. The van der Waals surface area contributed by atoms with Crippen LogP contribution in [0, 0.1) is 0 Å². The maximum atomic E-state index is 5.84. The van der Waals surface area contributed by atoms with E-state index in [0.717, 1.165) is 24.2 Å². The molecule has 1 aromatic carbocycles. The lowest BCUT2D eigenvalue weighted by Gasteiger charge is -2.23. The molecule has 17 heavy (non-hydrogen) atoms. The quantitative estimate of drug-likeness (QED) is 0.762. The molecule has 0 spiro atoms. The molecule has 0 aliphatic heterocycles. The van der Waals surface area contributed by atoms with Crippen molar-refractivity contribution in [1.82, 2.24) is 0 Å². The van der Waals surface area contributed by atoms with Crippen LogP contribution < -0.4 is 4.74 Å². The molecule has 1 aliphatic carbocycles. The molecule has 0 bridgehead atoms. The van der Waals surface area contributed by atoms with E-state index in [1.165, 1.54) is 19.3 Å². The van der Waals surface area contributed by atoms with Gasteiger partial charge in [0.05, 0.1) is 13.2 Å². The molecule has 2 nitrogen and oxygen atoms in total. The van der Waals surface area contributed by atoms with E-state index >= 15 is 0 Å². The Bertz CT molecular complexity index is 366. The number of hydrogen-bond acceptors (Lipinski definition) is 3. The molecule has 0 aromatic heterocycles. The van der Waals surface area contributed by atoms with Crippen LogP contribution in [0.4, 0.5) is 0 Å². The predicted molar refractivity (Wildman–Crippen MR) is 72.7 cm³/mol. The van der Waals surface area contributed by atoms with Crippen molar-refractivity contribution in [2.45, 2.75) is 38.2 Å². The minimum atomic E-state index is 0.318. The molecule has 0 unspecified atom stereocenters. The lowest BCUT2D eigenvalue weighted by atomic mass is 9.98. The van der Waals surface area contributed by atoms with Gasteiger partial charge in [-0.3, -0.25) is 0 Å². The third kappa shape index (κ3) is 3.43. The highest BCUT2D eigenvalue weighted by molar-refractivity contribution is 7.80. The Morgan fingerprint density at radius 3 is 2.35 bits per heavy atom. The number of methoxy groups -OCH3 is 1. The monoisotopic (exact) mass is 250 g/mol. The second-order valence-electron chi connectivity index (χ2n) is 4.39. The van der Waals surface area contributed by atoms with Gasteiger partial charge in [0.15, 0.2) is 5.05 Å². The largest absolute Gasteiger partial charge is 0.497 e. The minimum absolute atomic E-state index is 0.318. The van der Waals surface area contributed by atoms with Crippen LogP contribution in [0.25, 0.3) is 0 Å². The van der Waals surface area contributed by atoms with Gasteiger partial charge >= 0.3 is 0 Å². The molecular weight excluding hydrogens is 232 g/mol. The van der Waals surface area contributed by atoms with Crippen LogP contribution in [0.1, 0.15) is 37.7 Å². The van der Waals surface area contributed by atoms with E-state index in [4.69, 9.17) is 21.7 Å². The lowest BCUT2D eigenvalue weighted by Crippen LogP contribution is -2.20. The maximum absolute atomic E-state index is 5.84. The average Bonchev–Trinajstić information content (AvgIpc) is 2.40. The average molecular weight is 250 g/mol. The van der Waals surface area contributed by atoms with Gasteiger partial charge in [0.25, 0.3) is 0 Å². The summed E-state index contributed by atoms with van der Waals surface area (Å²) in [6.07, 6.45) is 6.44. The Morgan fingerprint density at radius 1 is 1.12 bits per heavy atom. The second kappa shape index (κ2) is 6.01. The first kappa shape index (κ1) is 12.4. The van der Waals surface area contributed by atoms with Crippen molar-refractivity contribution in [2.24, 2.45) is 0 Å². The molecule has 1 aromatic rings. The smallest absolute Gasteiger partial charge is 0.191 e. The van der Waals surface area contributed by atoms with E-state index in [9.17, 15) is 0 Å². The number of thiocarbonyl (C=S) groups is 1. The summed E-state index contributed by atoms with van der Waals surface area (Å²) >= 11 is 5.32. The molecule has 0 amide bonds. The first-order chi connectivity index (χ1) is 8.29. The Balaban J connectivity index is 1.93. The van der Waals surface area contributed by atoms with Crippen LogP contribution >= 0.6 is 12.2 Å². The molecule has 0 heterocycles. The van der Waals surface area contributed by atoms with Gasteiger partial charge in [-0.1, -0.05) is 6.42 Å². The highest BCUT2D eigenvalue weighted by Crippen LogP contribution is 2.22. The van der Waals surface area contributed by atoms with E-state index < -0.39 is 0 Å². The van der Waals surface area contributed by atoms with Crippen LogP contribution in [-0.2, 0) is 4.74 Å². The predicted octanol–water partition coefficient (Wildman–Crippen LogP) is 3.72. The highest BCUT2D eigenvalue weighted by atomic mass is 32.1. The zero-order valence-electron chi connectivity index (χ0n) is 10.1. The normalized spacial score (nSPS) is 16.5. The lowest BCUT2D eigenvalue weighted by molar-refractivity contribution is 0.148. The third-order valence-electron chi connectivity index (χ3n) is 3.15. The summed E-state index contributed by atoms with van der Waals surface area (Å²) in [7, 11) is 1.66. The Hall–Kier alpha value is -1.09. The van der Waals surface area contributed by atoms with Crippen LogP contribution in [0.2, 0.25) is 0 Å². The molecule has 1 aliphatic rings. The topological polar surface area (TPSA) is 18.5 Å². The number of ether oxygens (including phenoxy) is 2. The van der Waals surface area contributed by atoms with E-state index in [-0.39, 0.29) is 0 Å². The molecule has 0 N–H and O–H groups in total. The van der Waals surface area contributed by atoms with Crippen molar-refractivity contribution in [1.29, 1.82) is 0 Å². The van der Waals surface area contributed by atoms with Gasteiger partial charge in [-0.15, -0.1) is 0 Å². The van der Waals surface area contributed by atoms with E-state index in [2.05, 4.69) is 0 Å². The number of rotatable bonds is 3. The highest BCUT2D eigenvalue weighted by Gasteiger charge is 2.16. The molecule has 0 saturated heterocycles. The molecular formula is C14H18O2S. The zero-order chi connectivity index (χ0) is 12.1. The van der Waals surface area contributed by atoms with Crippen molar-refractivity contribution in [3.8, 4) is 5.75 Å². The summed E-state index contributed by atoms with van der Waals surface area (Å²) in [6, 6.07) is 7.71. The molecule has 1 saturated carbocycles. The fraction of sp³-hybridized carbons (Fsp3) is 0.500. The van der Waals surface area contributed by atoms with Gasteiger partial charge in [-0.25, -0.2) is 0 Å². The summed E-state index contributed by atoms with van der Waals surface area (Å²) in [5.74, 6) is 0.842. The fourth-order valence-corrected chi connectivity index (χ4v) is 2.40. The van der Waals surface area contributed by atoms with Crippen LogP contribution in [-0.4, -0.2) is 18.3 Å². The van der Waals surface area contributed by atoms with Crippen molar-refractivity contribution in [3.63, 3.8) is 0 Å². The minimum Gasteiger partial charge on any atom is -0.497 e. The van der Waals surface area contributed by atoms with Crippen LogP contribution in [0.5, 0.6) is 5.75 Å². The summed E-state index contributed by atoms with van der Waals surface area (Å²) in [5.41, 5.74) is 0.964. The van der Waals surface area contributed by atoms with Crippen LogP contribution in [0.15, 0.2) is 24.3 Å². The molecule has 2 rings (SSSR count). The van der Waals surface area contributed by atoms with Crippen LogP contribution in [0.3, 0.4) is 0 Å². The van der Waals surface area contributed by atoms with E-state index in [0.29, 0.717) is 11.2 Å². The van der Waals surface area contributed by atoms with Crippen molar-refractivity contribution in [3.05, 3.63) is 29.8 Å². The van der Waals surface area contributed by atoms with Gasteiger partial charge in [0.2, 0.25) is 0 Å². The zero-order valence-corrected chi connectivity index (χ0v) is 11.0. The Morgan fingerprint density at radius 2 is 1.76 bits per heavy atom. The fourth-order valence-electron chi connectivity index (χ4n) is 2.13. The van der Waals surface area contributed by atoms with Gasteiger partial charge in [0.1, 0.15) is 5.75 Å². The summed E-state index contributed by atoms with van der Waals surface area (Å²) in [6.45, 7) is 0. The Kier molecular flexibility index (Phi) is 4.37. The van der Waals surface area contributed by atoms with Gasteiger partial charge in [0, 0.05) is 5.56 Å². The molecule has 1 fully saturated rings. The van der Waals surface area contributed by atoms with Crippen molar-refractivity contribution >= 4 is 17.3 Å². The molecule has 0 atom stereocenters. The maximum Gasteiger partial charge on any atom is 0.191 e. The third-order valence-corrected chi connectivity index (χ3v) is 3.48. The standard InChI is InChI=1S/C14H18O2S/c1-15-12-9-7-11(8-10-12)14(17)16-13-5-3-2-4-6-13/h7-10,13H,2-6H2,1H3. The first-order valence-corrected chi connectivity index (χ1v) is 6.55. The SMILES string of the molecule is COc1ccc(C(=S)OC2CCCCC2)cc1. The first-order valence-electron chi connectivity index (χ1n) is 6.14. The Labute approximate surface area is 108 Å². The van der Waals surface area contributed by atoms with E-state index in [1.807, 2.05) is 24.3 Å². The molecule has 3 heteroatoms. The van der Waals surface area contributed by atoms with E-state index in [1.54, 1.807) is 7.11 Å². The molecule has 92 valence electrons. The molecule has 0 radical (unpaired) electrons. The number of hydrogen-bond donors (Lipinski definition) is 0. The van der Waals surface area contributed by atoms with Gasteiger partial charge in [-0.2, -0.15) is 0 Å². The summed E-state index contributed by atoms with van der Waals surface area (Å²) < 4.78 is 11.0. The second-order valence-corrected chi connectivity index (χ2v) is 4.76. The van der Waals surface area contributed by atoms with Crippen molar-refractivity contribution in [2.75, 3.05) is 7.11 Å². The number of benzene rings is 1. The van der Waals surface area contributed by atoms with Crippen molar-refractivity contribution < 1.29 is 9.47 Å². The summed E-state index contributed by atoms with van der Waals surface area (Å²) in [4.78, 5) is 0. The van der Waals surface area contributed by atoms with Gasteiger partial charge < -0.3 is 9.47 Å². The van der Waals surface area contributed by atoms with Gasteiger partial charge in [-0.05, 0) is 62.2 Å².